The van der Waals surface area contributed by atoms with Crippen LogP contribution in [0.3, 0.4) is 0 Å². The Balaban J connectivity index is 2.60. The first kappa shape index (κ1) is 15.5. The smallest absolute Gasteiger partial charge is 0.105 e. The largest absolute Gasteiger partial charge is 0.300 e. The maximum absolute atomic E-state index is 9.35. The van der Waals surface area contributed by atoms with Gasteiger partial charge in [0.15, 0.2) is 0 Å². The van der Waals surface area contributed by atoms with Gasteiger partial charge < -0.3 is 0 Å². The molecule has 0 heterocycles. The van der Waals surface area contributed by atoms with Gasteiger partial charge in [-0.2, -0.15) is 5.26 Å². The van der Waals surface area contributed by atoms with Gasteiger partial charge in [0, 0.05) is 12.1 Å². The quantitative estimate of drug-likeness (QED) is 0.756. The SMILES string of the molecule is CCNC(C)(C#N)CC(C)N(CC)C1CCCC1. The molecule has 1 saturated carbocycles. The second kappa shape index (κ2) is 7.11. The van der Waals surface area contributed by atoms with E-state index >= 15 is 0 Å². The van der Waals surface area contributed by atoms with Crippen LogP contribution in [0.1, 0.15) is 59.8 Å². The normalized spacial score (nSPS) is 21.8. The fraction of sp³-hybridized carbons (Fsp3) is 0.933. The molecule has 0 aromatic carbocycles. The minimum Gasteiger partial charge on any atom is -0.300 e. The van der Waals surface area contributed by atoms with Crippen LogP contribution in [0.25, 0.3) is 0 Å². The molecule has 1 fully saturated rings. The second-order valence-corrected chi connectivity index (χ2v) is 5.80. The van der Waals surface area contributed by atoms with Gasteiger partial charge >= 0.3 is 0 Å². The van der Waals surface area contributed by atoms with E-state index in [1.54, 1.807) is 0 Å². The summed E-state index contributed by atoms with van der Waals surface area (Å²) < 4.78 is 0. The molecule has 2 unspecified atom stereocenters. The lowest BCUT2D eigenvalue weighted by Gasteiger charge is -2.37. The summed E-state index contributed by atoms with van der Waals surface area (Å²) in [5.74, 6) is 0. The summed E-state index contributed by atoms with van der Waals surface area (Å²) >= 11 is 0. The number of nitrogens with zero attached hydrogens (tertiary/aromatic N) is 2. The minimum atomic E-state index is -0.389. The van der Waals surface area contributed by atoms with E-state index in [1.165, 1.54) is 25.7 Å². The first-order valence-electron chi connectivity index (χ1n) is 7.48. The van der Waals surface area contributed by atoms with Crippen molar-refractivity contribution in [3.63, 3.8) is 0 Å². The summed E-state index contributed by atoms with van der Waals surface area (Å²) in [4.78, 5) is 2.60. The highest BCUT2D eigenvalue weighted by molar-refractivity contribution is 5.05. The Morgan fingerprint density at radius 2 is 2.00 bits per heavy atom. The third kappa shape index (κ3) is 3.96. The van der Waals surface area contributed by atoms with Crippen LogP contribution < -0.4 is 5.32 Å². The van der Waals surface area contributed by atoms with E-state index in [2.05, 4.69) is 37.1 Å². The molecule has 0 aromatic rings. The monoisotopic (exact) mass is 251 g/mol. The molecule has 3 nitrogen and oxygen atoms in total. The number of hydrogen-bond acceptors (Lipinski definition) is 3. The molecule has 3 heteroatoms. The van der Waals surface area contributed by atoms with Gasteiger partial charge in [-0.15, -0.1) is 0 Å². The van der Waals surface area contributed by atoms with Gasteiger partial charge in [-0.3, -0.25) is 10.2 Å². The molecule has 0 radical (unpaired) electrons. The maximum atomic E-state index is 9.35. The van der Waals surface area contributed by atoms with E-state index in [1.807, 2.05) is 6.92 Å². The van der Waals surface area contributed by atoms with Crippen molar-refractivity contribution in [1.82, 2.24) is 10.2 Å². The summed E-state index contributed by atoms with van der Waals surface area (Å²) in [6.07, 6.45) is 6.32. The van der Waals surface area contributed by atoms with Crippen LogP contribution in [-0.4, -0.2) is 35.6 Å². The van der Waals surface area contributed by atoms with Crippen LogP contribution in [0.2, 0.25) is 0 Å². The molecule has 0 bridgehead atoms. The molecule has 1 aliphatic rings. The third-order valence-corrected chi connectivity index (χ3v) is 4.24. The van der Waals surface area contributed by atoms with Gasteiger partial charge in [-0.25, -0.2) is 0 Å². The Labute approximate surface area is 113 Å². The van der Waals surface area contributed by atoms with Crippen LogP contribution in [-0.2, 0) is 0 Å². The van der Waals surface area contributed by atoms with Crippen molar-refractivity contribution in [2.75, 3.05) is 13.1 Å². The minimum absolute atomic E-state index is 0.389. The molecule has 1 rings (SSSR count). The topological polar surface area (TPSA) is 39.1 Å². The Hall–Kier alpha value is -0.590. The van der Waals surface area contributed by atoms with Gasteiger partial charge in [0.05, 0.1) is 6.07 Å². The highest BCUT2D eigenvalue weighted by Gasteiger charge is 2.31. The molecular formula is C15H29N3. The van der Waals surface area contributed by atoms with Crippen molar-refractivity contribution in [2.24, 2.45) is 0 Å². The van der Waals surface area contributed by atoms with Crippen LogP contribution in [0.15, 0.2) is 0 Å². The molecule has 18 heavy (non-hydrogen) atoms. The van der Waals surface area contributed by atoms with Crippen LogP contribution >= 0.6 is 0 Å². The van der Waals surface area contributed by atoms with Crippen molar-refractivity contribution in [2.45, 2.75) is 77.4 Å². The zero-order valence-electron chi connectivity index (χ0n) is 12.5. The van der Waals surface area contributed by atoms with Gasteiger partial charge in [0.1, 0.15) is 5.54 Å². The average Bonchev–Trinajstić information content (AvgIpc) is 2.84. The molecular weight excluding hydrogens is 222 g/mol. The van der Waals surface area contributed by atoms with E-state index in [-0.39, 0.29) is 5.54 Å². The summed E-state index contributed by atoms with van der Waals surface area (Å²) in [7, 11) is 0. The Bertz CT molecular complexity index is 278. The molecule has 1 N–H and O–H groups in total. The van der Waals surface area contributed by atoms with E-state index in [9.17, 15) is 5.26 Å². The van der Waals surface area contributed by atoms with Crippen molar-refractivity contribution in [3.05, 3.63) is 0 Å². The molecule has 1 aliphatic carbocycles. The van der Waals surface area contributed by atoms with E-state index in [0.717, 1.165) is 25.6 Å². The van der Waals surface area contributed by atoms with Gasteiger partial charge in [0.25, 0.3) is 0 Å². The number of nitriles is 1. The van der Waals surface area contributed by atoms with E-state index in [4.69, 9.17) is 0 Å². The molecule has 0 aliphatic heterocycles. The molecule has 104 valence electrons. The summed E-state index contributed by atoms with van der Waals surface area (Å²) in [6.45, 7) is 10.6. The van der Waals surface area contributed by atoms with Crippen molar-refractivity contribution >= 4 is 0 Å². The van der Waals surface area contributed by atoms with Crippen LogP contribution in [0, 0.1) is 11.3 Å². The Morgan fingerprint density at radius 1 is 1.39 bits per heavy atom. The molecule has 0 saturated heterocycles. The highest BCUT2D eigenvalue weighted by atomic mass is 15.2. The lowest BCUT2D eigenvalue weighted by Crippen LogP contribution is -2.49. The fourth-order valence-corrected chi connectivity index (χ4v) is 3.42. The van der Waals surface area contributed by atoms with Crippen molar-refractivity contribution in [1.29, 1.82) is 5.26 Å². The first-order valence-corrected chi connectivity index (χ1v) is 7.48. The standard InChI is InChI=1S/C15H29N3/c1-5-17-15(4,12-16)11-13(3)18(6-2)14-9-7-8-10-14/h13-14,17H,5-11H2,1-4H3. The third-order valence-electron chi connectivity index (χ3n) is 4.24. The molecule has 2 atom stereocenters. The summed E-state index contributed by atoms with van der Waals surface area (Å²) in [6, 6.07) is 3.66. The lowest BCUT2D eigenvalue weighted by molar-refractivity contribution is 0.131. The number of rotatable bonds is 7. The van der Waals surface area contributed by atoms with E-state index in [0.29, 0.717) is 6.04 Å². The van der Waals surface area contributed by atoms with Crippen LogP contribution in [0.5, 0.6) is 0 Å². The predicted octanol–water partition coefficient (Wildman–Crippen LogP) is 2.92. The second-order valence-electron chi connectivity index (χ2n) is 5.80. The van der Waals surface area contributed by atoms with Crippen molar-refractivity contribution < 1.29 is 0 Å². The zero-order valence-corrected chi connectivity index (χ0v) is 12.5. The molecule has 0 amide bonds. The van der Waals surface area contributed by atoms with Crippen molar-refractivity contribution in [3.8, 4) is 6.07 Å². The van der Waals surface area contributed by atoms with Gasteiger partial charge in [-0.1, -0.05) is 26.7 Å². The summed E-state index contributed by atoms with van der Waals surface area (Å²) in [5.41, 5.74) is -0.389. The molecule has 0 spiro atoms. The highest BCUT2D eigenvalue weighted by Crippen LogP contribution is 2.27. The Kier molecular flexibility index (Phi) is 6.11. The maximum Gasteiger partial charge on any atom is 0.105 e. The summed E-state index contributed by atoms with van der Waals surface area (Å²) in [5, 5.41) is 12.7. The fourth-order valence-electron chi connectivity index (χ4n) is 3.42. The van der Waals surface area contributed by atoms with Gasteiger partial charge in [0.2, 0.25) is 0 Å². The zero-order chi connectivity index (χ0) is 13.6. The average molecular weight is 251 g/mol. The Morgan fingerprint density at radius 3 is 2.44 bits per heavy atom. The molecule has 0 aromatic heterocycles. The lowest BCUT2D eigenvalue weighted by atomic mass is 9.93. The predicted molar refractivity (Wildman–Crippen MR) is 76.4 cm³/mol. The first-order chi connectivity index (χ1) is 8.56. The number of nitrogens with one attached hydrogen (secondary N) is 1. The van der Waals surface area contributed by atoms with Gasteiger partial charge in [-0.05, 0) is 46.2 Å². The van der Waals surface area contributed by atoms with E-state index < -0.39 is 0 Å². The van der Waals surface area contributed by atoms with Crippen LogP contribution in [0.4, 0.5) is 0 Å². The number of hydrogen-bond donors (Lipinski definition) is 1.